The average molecular weight is 560 g/mol. The number of nitrogens with one attached hydrogen (secondary N) is 3. The van der Waals surface area contributed by atoms with Gasteiger partial charge in [-0.25, -0.2) is 31.5 Å². The van der Waals surface area contributed by atoms with Crippen LogP contribution in [0.5, 0.6) is 0 Å². The molecule has 3 aromatic rings. The molecule has 8 N–H and O–H groups in total. The Morgan fingerprint density at radius 2 is 1.55 bits per heavy atom. The number of carboxylic acid groups (broad SMARTS) is 1. The van der Waals surface area contributed by atoms with Crippen LogP contribution in [0.3, 0.4) is 0 Å². The van der Waals surface area contributed by atoms with Crippen LogP contribution in [-0.2, 0) is 20.0 Å². The summed E-state index contributed by atoms with van der Waals surface area (Å²) < 4.78 is 50.0. The molecule has 11 nitrogen and oxygen atoms in total. The summed E-state index contributed by atoms with van der Waals surface area (Å²) in [5, 5.41) is 23.3. The molecule has 0 atom stereocenters. The minimum Gasteiger partial charge on any atom is -0.465 e. The van der Waals surface area contributed by atoms with Crippen LogP contribution < -0.4 is 20.9 Å². The van der Waals surface area contributed by atoms with Gasteiger partial charge in [0.2, 0.25) is 20.0 Å². The lowest BCUT2D eigenvalue weighted by molar-refractivity contribution is 0.209. The Morgan fingerprint density at radius 3 is 2.13 bits per heavy atom. The molecule has 1 saturated carbocycles. The summed E-state index contributed by atoms with van der Waals surface area (Å²) in [5.41, 5.74) is 7.28. The number of carbonyl (C=O) groups is 1. The van der Waals surface area contributed by atoms with Gasteiger partial charge in [-0.3, -0.25) is 10.7 Å². The van der Waals surface area contributed by atoms with Gasteiger partial charge in [-0.15, -0.1) is 0 Å². The molecular formula is C25H29N5O6S2. The van der Waals surface area contributed by atoms with Crippen molar-refractivity contribution in [2.75, 3.05) is 5.32 Å². The van der Waals surface area contributed by atoms with E-state index in [0.29, 0.717) is 22.4 Å². The Labute approximate surface area is 221 Å². The molecule has 0 heterocycles. The van der Waals surface area contributed by atoms with Crippen LogP contribution in [0.2, 0.25) is 0 Å². The highest BCUT2D eigenvalue weighted by molar-refractivity contribution is 7.89. The number of primary sulfonamides is 1. The third-order valence-electron chi connectivity index (χ3n) is 5.77. The monoisotopic (exact) mass is 559 g/mol. The van der Waals surface area contributed by atoms with Crippen LogP contribution in [0.25, 0.3) is 11.1 Å². The molecule has 1 fully saturated rings. The molecular weight excluding hydrogens is 530 g/mol. The fourth-order valence-corrected chi connectivity index (χ4v) is 6.08. The molecule has 0 saturated heterocycles. The van der Waals surface area contributed by atoms with E-state index >= 15 is 0 Å². The van der Waals surface area contributed by atoms with Crippen molar-refractivity contribution in [2.45, 2.75) is 41.5 Å². The number of sulfonamides is 2. The van der Waals surface area contributed by atoms with Crippen molar-refractivity contribution in [3.63, 3.8) is 0 Å². The molecule has 0 bridgehead atoms. The van der Waals surface area contributed by atoms with Crippen LogP contribution in [0.15, 0.2) is 82.6 Å². The first kappa shape index (κ1) is 28.8. The molecule has 0 aliphatic heterocycles. The van der Waals surface area contributed by atoms with E-state index in [-0.39, 0.29) is 21.7 Å². The summed E-state index contributed by atoms with van der Waals surface area (Å²) in [6.45, 7) is 0. The van der Waals surface area contributed by atoms with Gasteiger partial charge in [-0.2, -0.15) is 0 Å². The summed E-state index contributed by atoms with van der Waals surface area (Å²) in [7, 11) is -7.32. The second-order valence-corrected chi connectivity index (χ2v) is 11.8. The molecule has 13 heteroatoms. The summed E-state index contributed by atoms with van der Waals surface area (Å²) in [4.78, 5) is 10.7. The maximum Gasteiger partial charge on any atom is 0.409 e. The van der Waals surface area contributed by atoms with Gasteiger partial charge in [-0.1, -0.05) is 55.3 Å². The van der Waals surface area contributed by atoms with Crippen LogP contribution in [0.1, 0.15) is 31.2 Å². The van der Waals surface area contributed by atoms with Gasteiger partial charge in [-0.05, 0) is 48.7 Å². The van der Waals surface area contributed by atoms with E-state index in [9.17, 15) is 21.6 Å². The van der Waals surface area contributed by atoms with Gasteiger partial charge in [0.05, 0.1) is 9.79 Å². The standard InChI is InChI=1S/C13H12N2O4S.C12H17N3O2S/c14-20(18,19)12-4-2-1-3-11(12)9-5-7-10(8-6-9)15-13(16)17;13-12(14)9-4-3-7-11(8-9)18(16,17)15-10-5-1-2-6-10/h1-8,15H,(H,16,17)(H2,14,18,19);3-4,7-8,10,15H,1-2,5-6H2,(H3,13,14). The molecule has 1 aliphatic rings. The second-order valence-electron chi connectivity index (χ2n) is 8.59. The zero-order chi connectivity index (χ0) is 27.9. The fraction of sp³-hybridized carbons (Fsp3) is 0.200. The van der Waals surface area contributed by atoms with Crippen molar-refractivity contribution in [3.05, 3.63) is 78.4 Å². The molecule has 0 unspecified atom stereocenters. The molecule has 0 aromatic heterocycles. The number of anilines is 1. The van der Waals surface area contributed by atoms with E-state index in [1.54, 1.807) is 54.6 Å². The Kier molecular flexibility index (Phi) is 9.22. The van der Waals surface area contributed by atoms with Crippen LogP contribution in [0.4, 0.5) is 10.5 Å². The molecule has 3 aromatic carbocycles. The van der Waals surface area contributed by atoms with Crippen molar-refractivity contribution >= 4 is 37.7 Å². The molecule has 1 amide bonds. The zero-order valence-corrected chi connectivity index (χ0v) is 21.9. The molecule has 0 radical (unpaired) electrons. The van der Waals surface area contributed by atoms with E-state index in [1.807, 2.05) is 0 Å². The van der Waals surface area contributed by atoms with Crippen molar-refractivity contribution in [1.82, 2.24) is 4.72 Å². The molecule has 38 heavy (non-hydrogen) atoms. The number of benzene rings is 3. The predicted molar refractivity (Wildman–Crippen MR) is 145 cm³/mol. The number of hydrogen-bond donors (Lipinski definition) is 6. The van der Waals surface area contributed by atoms with E-state index in [2.05, 4.69) is 10.0 Å². The van der Waals surface area contributed by atoms with Gasteiger partial charge < -0.3 is 10.8 Å². The van der Waals surface area contributed by atoms with Gasteiger partial charge in [0, 0.05) is 22.9 Å². The molecule has 202 valence electrons. The summed E-state index contributed by atoms with van der Waals surface area (Å²) in [6, 6.07) is 18.9. The number of amides is 1. The van der Waals surface area contributed by atoms with Gasteiger partial charge >= 0.3 is 6.09 Å². The third kappa shape index (κ3) is 7.86. The first-order valence-electron chi connectivity index (χ1n) is 11.6. The van der Waals surface area contributed by atoms with Crippen LogP contribution >= 0.6 is 0 Å². The van der Waals surface area contributed by atoms with Crippen molar-refractivity contribution < 1.29 is 26.7 Å². The highest BCUT2D eigenvalue weighted by Crippen LogP contribution is 2.27. The quantitative estimate of drug-likeness (QED) is 0.188. The van der Waals surface area contributed by atoms with Gasteiger partial charge in [0.15, 0.2) is 0 Å². The maximum atomic E-state index is 12.1. The number of nitrogen functional groups attached to an aromatic ring is 1. The van der Waals surface area contributed by atoms with Crippen LogP contribution in [0, 0.1) is 5.41 Å². The number of nitrogens with two attached hydrogens (primary N) is 2. The SMILES string of the molecule is N=C(N)c1cccc(S(=O)(=O)NC2CCCC2)c1.NS(=O)(=O)c1ccccc1-c1ccc(NC(=O)O)cc1. The smallest absolute Gasteiger partial charge is 0.409 e. The lowest BCUT2D eigenvalue weighted by Gasteiger charge is -2.13. The Bertz CT molecular complexity index is 1520. The first-order valence-corrected chi connectivity index (χ1v) is 14.6. The third-order valence-corrected chi connectivity index (χ3v) is 8.26. The number of hydrogen-bond acceptors (Lipinski definition) is 6. The Balaban J connectivity index is 0.000000212. The van der Waals surface area contributed by atoms with Crippen molar-refractivity contribution in [3.8, 4) is 11.1 Å². The van der Waals surface area contributed by atoms with Gasteiger partial charge in [0.1, 0.15) is 5.84 Å². The minimum absolute atomic E-state index is 0.0268. The molecule has 4 rings (SSSR count). The summed E-state index contributed by atoms with van der Waals surface area (Å²) >= 11 is 0. The van der Waals surface area contributed by atoms with Crippen molar-refractivity contribution in [2.24, 2.45) is 10.9 Å². The van der Waals surface area contributed by atoms with Crippen LogP contribution in [-0.4, -0.2) is 39.9 Å². The second kappa shape index (κ2) is 12.2. The van der Waals surface area contributed by atoms with E-state index in [0.717, 1.165) is 25.7 Å². The average Bonchev–Trinajstić information content (AvgIpc) is 3.36. The normalized spacial score (nSPS) is 13.8. The van der Waals surface area contributed by atoms with Crippen molar-refractivity contribution in [1.29, 1.82) is 5.41 Å². The lowest BCUT2D eigenvalue weighted by atomic mass is 10.1. The molecule has 0 spiro atoms. The predicted octanol–water partition coefficient (Wildman–Crippen LogP) is 3.28. The maximum absolute atomic E-state index is 12.1. The summed E-state index contributed by atoms with van der Waals surface area (Å²) in [6.07, 6.45) is 2.76. The highest BCUT2D eigenvalue weighted by atomic mass is 32.2. The Hall–Kier alpha value is -3.78. The number of amidine groups is 1. The minimum atomic E-state index is -3.82. The van der Waals surface area contributed by atoms with E-state index in [1.165, 1.54) is 18.2 Å². The molecule has 1 aliphatic carbocycles. The fourth-order valence-electron chi connectivity index (χ4n) is 3.97. The van der Waals surface area contributed by atoms with E-state index < -0.39 is 26.1 Å². The first-order chi connectivity index (χ1) is 17.9. The Morgan fingerprint density at radius 1 is 0.921 bits per heavy atom. The number of rotatable bonds is 7. The lowest BCUT2D eigenvalue weighted by Crippen LogP contribution is -2.32. The summed E-state index contributed by atoms with van der Waals surface area (Å²) in [5.74, 6) is -0.132. The highest BCUT2D eigenvalue weighted by Gasteiger charge is 2.23. The van der Waals surface area contributed by atoms with E-state index in [4.69, 9.17) is 21.4 Å². The zero-order valence-electron chi connectivity index (χ0n) is 20.3. The van der Waals surface area contributed by atoms with Gasteiger partial charge in [0.25, 0.3) is 0 Å². The largest absolute Gasteiger partial charge is 0.465 e. The topological polar surface area (TPSA) is 206 Å².